The number of amides is 2. The van der Waals surface area contributed by atoms with Crippen molar-refractivity contribution in [2.75, 3.05) is 19.0 Å². The second-order valence-electron chi connectivity index (χ2n) is 7.62. The van der Waals surface area contributed by atoms with Crippen molar-refractivity contribution < 1.29 is 14.3 Å². The first-order valence-electron chi connectivity index (χ1n) is 11.0. The van der Waals surface area contributed by atoms with Gasteiger partial charge in [0.05, 0.1) is 10.6 Å². The van der Waals surface area contributed by atoms with Crippen molar-refractivity contribution in [3.8, 4) is 5.75 Å². The topological polar surface area (TPSA) is 71.0 Å². The zero-order valence-electron chi connectivity index (χ0n) is 19.0. The number of carbonyl (C=O) groups excluding carboxylic acids is 2. The van der Waals surface area contributed by atoms with Gasteiger partial charge >= 0.3 is 0 Å². The van der Waals surface area contributed by atoms with E-state index in [0.717, 1.165) is 28.9 Å². The molecule has 1 fully saturated rings. The number of amidine groups is 1. The summed E-state index contributed by atoms with van der Waals surface area (Å²) in [6.45, 7) is 2.00. The second-order valence-corrected chi connectivity index (χ2v) is 8.63. The largest absolute Gasteiger partial charge is 0.484 e. The van der Waals surface area contributed by atoms with Crippen LogP contribution in [0.25, 0.3) is 6.08 Å². The van der Waals surface area contributed by atoms with Gasteiger partial charge in [-0.15, -0.1) is 0 Å². The molecule has 1 aliphatic heterocycles. The van der Waals surface area contributed by atoms with Crippen molar-refractivity contribution in [3.63, 3.8) is 0 Å². The van der Waals surface area contributed by atoms with Crippen molar-refractivity contribution in [1.82, 2.24) is 4.90 Å². The molecule has 2 amide bonds. The number of benzene rings is 3. The second kappa shape index (κ2) is 10.9. The quantitative estimate of drug-likeness (QED) is 0.462. The summed E-state index contributed by atoms with van der Waals surface area (Å²) in [6.07, 6.45) is 2.71. The molecular weight excluding hydrogens is 446 g/mol. The molecule has 0 radical (unpaired) electrons. The maximum absolute atomic E-state index is 12.7. The number of rotatable bonds is 7. The molecule has 0 unspecified atom stereocenters. The van der Waals surface area contributed by atoms with Crippen LogP contribution < -0.4 is 10.1 Å². The summed E-state index contributed by atoms with van der Waals surface area (Å²) in [4.78, 5) is 31.7. The fraction of sp³-hybridized carbons (Fsp3) is 0.148. The van der Waals surface area contributed by atoms with Gasteiger partial charge in [-0.2, -0.15) is 0 Å². The summed E-state index contributed by atoms with van der Waals surface area (Å²) < 4.78 is 5.58. The van der Waals surface area contributed by atoms with E-state index in [9.17, 15) is 9.59 Å². The van der Waals surface area contributed by atoms with Crippen LogP contribution in [0.2, 0.25) is 0 Å². The standard InChI is InChI=1S/C27H25N3O3S/c1-3-20-9-7-8-12-23(20)29-27-30(2)26(32)24(34-27)17-19-13-15-22(16-14-19)33-18-25(31)28-21-10-5-4-6-11-21/h4-17H,3,18H2,1-2H3,(H,28,31)/b24-17+,29-27?. The first kappa shape index (κ1) is 23.3. The van der Waals surface area contributed by atoms with E-state index in [4.69, 9.17) is 9.73 Å². The van der Waals surface area contributed by atoms with Gasteiger partial charge < -0.3 is 10.1 Å². The Hall–Kier alpha value is -3.84. The van der Waals surface area contributed by atoms with Gasteiger partial charge in [0.15, 0.2) is 11.8 Å². The zero-order valence-corrected chi connectivity index (χ0v) is 19.8. The lowest BCUT2D eigenvalue weighted by Crippen LogP contribution is -2.23. The van der Waals surface area contributed by atoms with Gasteiger partial charge in [-0.3, -0.25) is 14.5 Å². The van der Waals surface area contributed by atoms with Gasteiger partial charge in [0.2, 0.25) is 0 Å². The minimum absolute atomic E-state index is 0.0874. The Labute approximate surface area is 203 Å². The smallest absolute Gasteiger partial charge is 0.266 e. The fourth-order valence-electron chi connectivity index (χ4n) is 3.35. The molecule has 4 rings (SSSR count). The SMILES string of the molecule is CCc1ccccc1N=C1S/C(=C/c2ccc(OCC(=O)Nc3ccccc3)cc2)C(=O)N1C. The van der Waals surface area contributed by atoms with E-state index < -0.39 is 0 Å². The minimum atomic E-state index is -0.232. The lowest BCUT2D eigenvalue weighted by atomic mass is 10.1. The Bertz CT molecular complexity index is 1240. The van der Waals surface area contributed by atoms with E-state index in [1.807, 2.05) is 72.8 Å². The average Bonchev–Trinajstić information content (AvgIpc) is 3.12. The monoisotopic (exact) mass is 471 g/mol. The van der Waals surface area contributed by atoms with E-state index >= 15 is 0 Å². The number of carbonyl (C=O) groups is 2. The Morgan fingerprint density at radius 2 is 1.74 bits per heavy atom. The lowest BCUT2D eigenvalue weighted by Gasteiger charge is -2.09. The molecule has 3 aromatic rings. The molecule has 0 aliphatic carbocycles. The van der Waals surface area contributed by atoms with Crippen molar-refractivity contribution in [2.24, 2.45) is 4.99 Å². The zero-order chi connectivity index (χ0) is 23.9. The maximum atomic E-state index is 12.7. The Kier molecular flexibility index (Phi) is 7.44. The van der Waals surface area contributed by atoms with Gasteiger partial charge in [0.25, 0.3) is 11.8 Å². The van der Waals surface area contributed by atoms with Crippen LogP contribution in [0.3, 0.4) is 0 Å². The maximum Gasteiger partial charge on any atom is 0.266 e. The molecule has 1 N–H and O–H groups in total. The number of aliphatic imine (C=N–C) groups is 1. The van der Waals surface area contributed by atoms with Crippen LogP contribution in [0.15, 0.2) is 88.8 Å². The summed E-state index contributed by atoms with van der Waals surface area (Å²) in [7, 11) is 1.74. The van der Waals surface area contributed by atoms with Crippen molar-refractivity contribution in [2.45, 2.75) is 13.3 Å². The minimum Gasteiger partial charge on any atom is -0.484 e. The van der Waals surface area contributed by atoms with Gasteiger partial charge in [-0.05, 0) is 65.7 Å². The van der Waals surface area contributed by atoms with Crippen LogP contribution in [-0.4, -0.2) is 35.5 Å². The van der Waals surface area contributed by atoms with Crippen LogP contribution in [-0.2, 0) is 16.0 Å². The number of anilines is 1. The number of nitrogens with one attached hydrogen (secondary N) is 1. The van der Waals surface area contributed by atoms with E-state index in [1.54, 1.807) is 24.1 Å². The van der Waals surface area contributed by atoms with Gasteiger partial charge in [-0.25, -0.2) is 4.99 Å². The number of aryl methyl sites for hydroxylation is 1. The van der Waals surface area contributed by atoms with Crippen LogP contribution in [0.4, 0.5) is 11.4 Å². The number of hydrogen-bond donors (Lipinski definition) is 1. The number of ether oxygens (including phenoxy) is 1. The van der Waals surface area contributed by atoms with Crippen LogP contribution in [0, 0.1) is 0 Å². The molecule has 0 saturated carbocycles. The molecule has 1 saturated heterocycles. The third-order valence-corrected chi connectivity index (χ3v) is 6.26. The predicted octanol–water partition coefficient (Wildman–Crippen LogP) is 5.50. The highest BCUT2D eigenvalue weighted by Crippen LogP contribution is 2.34. The first-order chi connectivity index (χ1) is 16.5. The van der Waals surface area contributed by atoms with Crippen LogP contribution in [0.1, 0.15) is 18.1 Å². The Balaban J connectivity index is 1.39. The highest BCUT2D eigenvalue weighted by molar-refractivity contribution is 8.18. The highest BCUT2D eigenvalue weighted by atomic mass is 32.2. The molecule has 0 bridgehead atoms. The van der Waals surface area contributed by atoms with Crippen molar-refractivity contribution >= 4 is 46.2 Å². The molecular formula is C27H25N3O3S. The Morgan fingerprint density at radius 3 is 2.47 bits per heavy atom. The van der Waals surface area contributed by atoms with Gasteiger partial charge in [-0.1, -0.05) is 55.5 Å². The Morgan fingerprint density at radius 1 is 1.03 bits per heavy atom. The first-order valence-corrected chi connectivity index (χ1v) is 11.8. The molecule has 0 aromatic heterocycles. The number of likely N-dealkylation sites (N-methyl/N-ethyl adjacent to an activating group) is 1. The molecule has 1 aliphatic rings. The molecule has 7 heteroatoms. The summed E-state index contributed by atoms with van der Waals surface area (Å²) in [5.74, 6) is 0.256. The molecule has 3 aromatic carbocycles. The summed E-state index contributed by atoms with van der Waals surface area (Å²) in [5.41, 5.74) is 3.61. The molecule has 0 atom stereocenters. The van der Waals surface area contributed by atoms with E-state index in [0.29, 0.717) is 15.8 Å². The van der Waals surface area contributed by atoms with Crippen molar-refractivity contribution in [3.05, 3.63) is 94.9 Å². The van der Waals surface area contributed by atoms with Crippen molar-refractivity contribution in [1.29, 1.82) is 0 Å². The molecule has 34 heavy (non-hydrogen) atoms. The molecule has 1 heterocycles. The van der Waals surface area contributed by atoms with Gasteiger partial charge in [0, 0.05) is 12.7 Å². The molecule has 6 nitrogen and oxygen atoms in total. The normalized spacial score (nSPS) is 15.7. The van der Waals surface area contributed by atoms with Gasteiger partial charge in [0.1, 0.15) is 5.75 Å². The molecule has 172 valence electrons. The van der Waals surface area contributed by atoms with Crippen LogP contribution >= 0.6 is 11.8 Å². The highest BCUT2D eigenvalue weighted by Gasteiger charge is 2.30. The number of para-hydroxylation sites is 2. The van der Waals surface area contributed by atoms with Crippen LogP contribution in [0.5, 0.6) is 5.75 Å². The van der Waals surface area contributed by atoms with E-state index in [1.165, 1.54) is 11.8 Å². The predicted molar refractivity (Wildman–Crippen MR) is 138 cm³/mol. The van der Waals surface area contributed by atoms with E-state index in [2.05, 4.69) is 12.2 Å². The number of thioether (sulfide) groups is 1. The third-order valence-electron chi connectivity index (χ3n) is 5.20. The van der Waals surface area contributed by atoms with E-state index in [-0.39, 0.29) is 18.4 Å². The summed E-state index contributed by atoms with van der Waals surface area (Å²) in [5, 5.41) is 3.43. The lowest BCUT2D eigenvalue weighted by molar-refractivity contribution is -0.121. The average molecular weight is 472 g/mol. The molecule has 0 spiro atoms. The summed E-state index contributed by atoms with van der Waals surface area (Å²) >= 11 is 1.36. The third kappa shape index (κ3) is 5.74. The number of nitrogens with zero attached hydrogens (tertiary/aromatic N) is 2. The fourth-order valence-corrected chi connectivity index (χ4v) is 4.33. The number of hydrogen-bond acceptors (Lipinski definition) is 5. The summed E-state index contributed by atoms with van der Waals surface area (Å²) in [6, 6.07) is 24.5.